The molecule has 0 spiro atoms. The van der Waals surface area contributed by atoms with Gasteiger partial charge in [-0.1, -0.05) is 32.3 Å². The molecule has 0 unspecified atom stereocenters. The molecule has 19 heavy (non-hydrogen) atoms. The SMILES string of the molecule is CCCCCCN(C)C(=O)c1cccc(C(=O)O)n1. The smallest absolute Gasteiger partial charge is 0.354 e. The summed E-state index contributed by atoms with van der Waals surface area (Å²) in [5, 5.41) is 8.84. The molecule has 0 atom stereocenters. The molecule has 5 nitrogen and oxygen atoms in total. The number of aromatic carboxylic acids is 1. The lowest BCUT2D eigenvalue weighted by Gasteiger charge is -2.16. The van der Waals surface area contributed by atoms with Gasteiger partial charge in [-0.3, -0.25) is 4.79 Å². The monoisotopic (exact) mass is 264 g/mol. The number of carboxylic acids is 1. The number of amides is 1. The Balaban J connectivity index is 2.61. The minimum absolute atomic E-state index is 0.106. The average Bonchev–Trinajstić information content (AvgIpc) is 2.42. The number of pyridine rings is 1. The molecule has 1 N–H and O–H groups in total. The molecule has 1 aromatic rings. The highest BCUT2D eigenvalue weighted by Crippen LogP contribution is 2.05. The van der Waals surface area contributed by atoms with Crippen LogP contribution in [0.1, 0.15) is 53.6 Å². The second-order valence-corrected chi connectivity index (χ2v) is 4.50. The molecule has 0 aliphatic carbocycles. The summed E-state index contributed by atoms with van der Waals surface area (Å²) in [5.41, 5.74) is 0.0723. The fourth-order valence-corrected chi connectivity index (χ4v) is 1.75. The van der Waals surface area contributed by atoms with Crippen molar-refractivity contribution >= 4 is 11.9 Å². The second-order valence-electron chi connectivity index (χ2n) is 4.50. The van der Waals surface area contributed by atoms with Crippen LogP contribution in [0.25, 0.3) is 0 Å². The van der Waals surface area contributed by atoms with Crippen molar-refractivity contribution in [2.45, 2.75) is 32.6 Å². The summed E-state index contributed by atoms with van der Waals surface area (Å²) in [6, 6.07) is 4.45. The van der Waals surface area contributed by atoms with Crippen LogP contribution in [0.5, 0.6) is 0 Å². The van der Waals surface area contributed by atoms with E-state index in [1.165, 1.54) is 18.2 Å². The molecule has 0 saturated carbocycles. The summed E-state index contributed by atoms with van der Waals surface area (Å²) in [4.78, 5) is 28.3. The van der Waals surface area contributed by atoms with Crippen molar-refractivity contribution < 1.29 is 14.7 Å². The Labute approximate surface area is 113 Å². The first-order chi connectivity index (χ1) is 9.06. The highest BCUT2D eigenvalue weighted by Gasteiger charge is 2.14. The van der Waals surface area contributed by atoms with Crippen LogP contribution in [0.2, 0.25) is 0 Å². The van der Waals surface area contributed by atoms with Gasteiger partial charge >= 0.3 is 5.97 Å². The summed E-state index contributed by atoms with van der Waals surface area (Å²) >= 11 is 0. The average molecular weight is 264 g/mol. The Bertz CT molecular complexity index is 446. The molecule has 0 aliphatic rings. The van der Waals surface area contributed by atoms with Gasteiger partial charge in [-0.25, -0.2) is 9.78 Å². The number of hydrogen-bond acceptors (Lipinski definition) is 3. The third-order valence-electron chi connectivity index (χ3n) is 2.88. The lowest BCUT2D eigenvalue weighted by Crippen LogP contribution is -2.28. The number of aromatic nitrogens is 1. The molecule has 1 aromatic heterocycles. The summed E-state index contributed by atoms with van der Waals surface area (Å²) in [5.74, 6) is -1.36. The number of carbonyl (C=O) groups is 2. The summed E-state index contributed by atoms with van der Waals surface area (Å²) in [7, 11) is 1.71. The van der Waals surface area contributed by atoms with Crippen molar-refractivity contribution in [1.82, 2.24) is 9.88 Å². The zero-order valence-electron chi connectivity index (χ0n) is 11.4. The Morgan fingerprint density at radius 3 is 2.53 bits per heavy atom. The number of carboxylic acid groups (broad SMARTS) is 1. The molecule has 1 rings (SSSR count). The maximum atomic E-state index is 12.1. The molecule has 104 valence electrons. The number of hydrogen-bond donors (Lipinski definition) is 1. The Hall–Kier alpha value is -1.91. The maximum Gasteiger partial charge on any atom is 0.354 e. The van der Waals surface area contributed by atoms with E-state index < -0.39 is 5.97 Å². The van der Waals surface area contributed by atoms with Crippen LogP contribution in [0.15, 0.2) is 18.2 Å². The van der Waals surface area contributed by atoms with E-state index in [-0.39, 0.29) is 17.3 Å². The van der Waals surface area contributed by atoms with Gasteiger partial charge in [0.25, 0.3) is 5.91 Å². The lowest BCUT2D eigenvalue weighted by atomic mass is 10.2. The summed E-state index contributed by atoms with van der Waals surface area (Å²) in [6.07, 6.45) is 4.36. The molecule has 0 radical (unpaired) electrons. The number of unbranched alkanes of at least 4 members (excludes halogenated alkanes) is 3. The van der Waals surface area contributed by atoms with E-state index in [0.29, 0.717) is 6.54 Å². The number of carbonyl (C=O) groups excluding carboxylic acids is 1. The van der Waals surface area contributed by atoms with E-state index in [0.717, 1.165) is 25.7 Å². The van der Waals surface area contributed by atoms with E-state index in [2.05, 4.69) is 11.9 Å². The first-order valence-corrected chi connectivity index (χ1v) is 6.52. The van der Waals surface area contributed by atoms with E-state index in [1.54, 1.807) is 11.9 Å². The molecule has 0 aromatic carbocycles. The third kappa shape index (κ3) is 4.69. The standard InChI is InChI=1S/C14H20N2O3/c1-3-4-5-6-10-16(2)13(17)11-8-7-9-12(15-11)14(18)19/h7-9H,3-6,10H2,1-2H3,(H,18,19). The fourth-order valence-electron chi connectivity index (χ4n) is 1.75. The molecule has 0 saturated heterocycles. The topological polar surface area (TPSA) is 70.5 Å². The van der Waals surface area contributed by atoms with Crippen LogP contribution in [0.4, 0.5) is 0 Å². The van der Waals surface area contributed by atoms with Crippen molar-refractivity contribution in [2.24, 2.45) is 0 Å². The fraction of sp³-hybridized carbons (Fsp3) is 0.500. The maximum absolute atomic E-state index is 12.1. The van der Waals surface area contributed by atoms with Crippen LogP contribution >= 0.6 is 0 Å². The predicted octanol–water partition coefficient (Wildman–Crippen LogP) is 2.43. The van der Waals surface area contributed by atoms with Gasteiger partial charge in [0.15, 0.2) is 0 Å². The molecular formula is C14H20N2O3. The van der Waals surface area contributed by atoms with Gasteiger partial charge in [0.1, 0.15) is 11.4 Å². The van der Waals surface area contributed by atoms with Gasteiger partial charge in [-0.2, -0.15) is 0 Å². The van der Waals surface area contributed by atoms with Crippen LogP contribution in [-0.2, 0) is 0 Å². The van der Waals surface area contributed by atoms with Gasteiger partial charge in [0.05, 0.1) is 0 Å². The Morgan fingerprint density at radius 2 is 1.89 bits per heavy atom. The van der Waals surface area contributed by atoms with Crippen molar-refractivity contribution in [3.8, 4) is 0 Å². The molecular weight excluding hydrogens is 244 g/mol. The summed E-state index contributed by atoms with van der Waals surface area (Å²) < 4.78 is 0. The van der Waals surface area contributed by atoms with Crippen molar-refractivity contribution in [2.75, 3.05) is 13.6 Å². The highest BCUT2D eigenvalue weighted by atomic mass is 16.4. The van der Waals surface area contributed by atoms with E-state index in [1.807, 2.05) is 0 Å². The number of nitrogens with zero attached hydrogens (tertiary/aromatic N) is 2. The quantitative estimate of drug-likeness (QED) is 0.768. The molecule has 5 heteroatoms. The Morgan fingerprint density at radius 1 is 1.21 bits per heavy atom. The largest absolute Gasteiger partial charge is 0.477 e. The normalized spacial score (nSPS) is 10.2. The third-order valence-corrected chi connectivity index (χ3v) is 2.88. The highest BCUT2D eigenvalue weighted by molar-refractivity contribution is 5.94. The van der Waals surface area contributed by atoms with Gasteiger partial charge in [0.2, 0.25) is 0 Å². The summed E-state index contributed by atoms with van der Waals surface area (Å²) in [6.45, 7) is 2.80. The van der Waals surface area contributed by atoms with E-state index in [9.17, 15) is 9.59 Å². The van der Waals surface area contributed by atoms with E-state index in [4.69, 9.17) is 5.11 Å². The van der Waals surface area contributed by atoms with Crippen LogP contribution in [0.3, 0.4) is 0 Å². The first kappa shape index (κ1) is 15.1. The van der Waals surface area contributed by atoms with Crippen molar-refractivity contribution in [3.05, 3.63) is 29.6 Å². The zero-order valence-corrected chi connectivity index (χ0v) is 11.4. The first-order valence-electron chi connectivity index (χ1n) is 6.52. The minimum Gasteiger partial charge on any atom is -0.477 e. The lowest BCUT2D eigenvalue weighted by molar-refractivity contribution is 0.0690. The van der Waals surface area contributed by atoms with Crippen LogP contribution in [-0.4, -0.2) is 40.5 Å². The predicted molar refractivity (Wildman–Crippen MR) is 72.3 cm³/mol. The van der Waals surface area contributed by atoms with Gasteiger partial charge in [-0.05, 0) is 18.6 Å². The van der Waals surface area contributed by atoms with Gasteiger partial charge in [0, 0.05) is 13.6 Å². The molecule has 0 bridgehead atoms. The van der Waals surface area contributed by atoms with Crippen molar-refractivity contribution in [1.29, 1.82) is 0 Å². The minimum atomic E-state index is -1.12. The molecule has 0 aliphatic heterocycles. The van der Waals surface area contributed by atoms with Crippen LogP contribution < -0.4 is 0 Å². The second kappa shape index (κ2) is 7.51. The van der Waals surface area contributed by atoms with Gasteiger partial charge < -0.3 is 10.0 Å². The van der Waals surface area contributed by atoms with E-state index >= 15 is 0 Å². The van der Waals surface area contributed by atoms with Crippen LogP contribution in [0, 0.1) is 0 Å². The zero-order chi connectivity index (χ0) is 14.3. The molecule has 1 heterocycles. The molecule has 1 amide bonds. The number of rotatable bonds is 7. The van der Waals surface area contributed by atoms with Crippen molar-refractivity contribution in [3.63, 3.8) is 0 Å². The van der Waals surface area contributed by atoms with Gasteiger partial charge in [-0.15, -0.1) is 0 Å². The molecule has 0 fully saturated rings. The Kier molecular flexibility index (Phi) is 5.99.